The highest BCUT2D eigenvalue weighted by Gasteiger charge is 2.38. The Kier molecular flexibility index (Phi) is 5.74. The predicted molar refractivity (Wildman–Crippen MR) is 96.9 cm³/mol. The minimum Gasteiger partial charge on any atom is -0.462 e. The van der Waals surface area contributed by atoms with Gasteiger partial charge in [0, 0.05) is 10.7 Å². The van der Waals surface area contributed by atoms with Crippen LogP contribution in [0.3, 0.4) is 0 Å². The summed E-state index contributed by atoms with van der Waals surface area (Å²) >= 11 is 5.95. The van der Waals surface area contributed by atoms with Crippen LogP contribution >= 0.6 is 11.6 Å². The Balaban J connectivity index is 1.81. The van der Waals surface area contributed by atoms with Crippen LogP contribution in [-0.4, -0.2) is 23.8 Å². The van der Waals surface area contributed by atoms with Crippen molar-refractivity contribution in [2.75, 3.05) is 0 Å². The van der Waals surface area contributed by atoms with E-state index in [1.807, 2.05) is 12.1 Å². The van der Waals surface area contributed by atoms with Gasteiger partial charge in [-0.05, 0) is 50.3 Å². The third kappa shape index (κ3) is 4.40. The van der Waals surface area contributed by atoms with Crippen molar-refractivity contribution in [3.63, 3.8) is 0 Å². The fourth-order valence-electron chi connectivity index (χ4n) is 3.57. The first-order valence-electron chi connectivity index (χ1n) is 8.86. The molecule has 1 aliphatic heterocycles. The van der Waals surface area contributed by atoms with E-state index in [2.05, 4.69) is 10.3 Å². The fraction of sp³-hybridized carbons (Fsp3) is 0.526. The molecule has 134 valence electrons. The largest absolute Gasteiger partial charge is 0.462 e. The molecule has 2 aliphatic rings. The van der Waals surface area contributed by atoms with E-state index in [4.69, 9.17) is 16.3 Å². The Morgan fingerprint density at radius 2 is 1.80 bits per heavy atom. The molecule has 1 aromatic rings. The van der Waals surface area contributed by atoms with Gasteiger partial charge < -0.3 is 10.1 Å². The highest BCUT2D eigenvalue weighted by Crippen LogP contribution is 2.30. The van der Waals surface area contributed by atoms with Crippen LogP contribution in [0.5, 0.6) is 0 Å². The molecule has 1 saturated carbocycles. The topological polar surface area (TPSA) is 67.8 Å². The Bertz CT molecular complexity index is 664. The molecular formula is C19H23ClN2O3. The van der Waals surface area contributed by atoms with Gasteiger partial charge in [-0.25, -0.2) is 9.79 Å². The molecule has 2 amide bonds. The molecule has 1 N–H and O–H groups in total. The molecule has 2 atom stereocenters. The number of urea groups is 1. The number of ether oxygens (including phenoxy) is 1. The number of amides is 2. The summed E-state index contributed by atoms with van der Waals surface area (Å²) in [6.07, 6.45) is 6.36. The van der Waals surface area contributed by atoms with E-state index in [0.29, 0.717) is 10.7 Å². The Morgan fingerprint density at radius 3 is 2.44 bits per heavy atom. The average molecular weight is 363 g/mol. The monoisotopic (exact) mass is 362 g/mol. The maximum absolute atomic E-state index is 12.9. The van der Waals surface area contributed by atoms with Crippen molar-refractivity contribution in [3.8, 4) is 0 Å². The molecule has 1 aliphatic carbocycles. The number of carbonyl (C=O) groups excluding carboxylic acids is 2. The fourth-order valence-corrected chi connectivity index (χ4v) is 3.70. The van der Waals surface area contributed by atoms with E-state index in [9.17, 15) is 9.59 Å². The van der Waals surface area contributed by atoms with Gasteiger partial charge in [-0.15, -0.1) is 0 Å². The normalized spacial score (nSPS) is 24.9. The summed E-state index contributed by atoms with van der Waals surface area (Å²) in [4.78, 5) is 28.6. The van der Waals surface area contributed by atoms with E-state index in [-0.39, 0.29) is 12.1 Å². The highest BCUT2D eigenvalue weighted by atomic mass is 35.5. The second-order valence-corrected chi connectivity index (χ2v) is 7.20. The molecule has 2 unspecified atom stereocenters. The summed E-state index contributed by atoms with van der Waals surface area (Å²) in [5.41, 5.74) is 1.30. The summed E-state index contributed by atoms with van der Waals surface area (Å²) in [5.74, 6) is -0.921. The molecule has 5 nitrogen and oxygen atoms in total. The van der Waals surface area contributed by atoms with Crippen LogP contribution in [0.15, 0.2) is 29.3 Å². The minimum atomic E-state index is -0.609. The van der Waals surface area contributed by atoms with Gasteiger partial charge in [-0.3, -0.25) is 4.79 Å². The zero-order chi connectivity index (χ0) is 17.8. The molecular weight excluding hydrogens is 340 g/mol. The second kappa shape index (κ2) is 8.00. The molecule has 1 fully saturated rings. The first kappa shape index (κ1) is 17.9. The summed E-state index contributed by atoms with van der Waals surface area (Å²) < 4.78 is 5.79. The summed E-state index contributed by atoms with van der Waals surface area (Å²) in [6, 6.07) is 6.21. The maximum atomic E-state index is 12.9. The van der Waals surface area contributed by atoms with E-state index in [0.717, 1.165) is 31.2 Å². The van der Waals surface area contributed by atoms with Crippen LogP contribution in [0.25, 0.3) is 0 Å². The molecule has 0 saturated heterocycles. The minimum absolute atomic E-state index is 0.0358. The quantitative estimate of drug-likeness (QED) is 0.638. The Hall–Kier alpha value is -1.88. The van der Waals surface area contributed by atoms with Gasteiger partial charge in [0.2, 0.25) is 0 Å². The van der Waals surface area contributed by atoms with Crippen molar-refractivity contribution in [2.24, 2.45) is 10.9 Å². The first-order chi connectivity index (χ1) is 12.0. The molecule has 6 heteroatoms. The number of halogens is 1. The predicted octanol–water partition coefficient (Wildman–Crippen LogP) is 4.45. The lowest BCUT2D eigenvalue weighted by atomic mass is 9.88. The molecule has 3 rings (SSSR count). The number of nitrogens with one attached hydrogen (secondary N) is 1. The van der Waals surface area contributed by atoms with Gasteiger partial charge in [0.25, 0.3) is 0 Å². The molecule has 0 spiro atoms. The number of benzene rings is 1. The average Bonchev–Trinajstić information content (AvgIpc) is 2.83. The number of aliphatic imine (C=N–C) groups is 1. The lowest BCUT2D eigenvalue weighted by Gasteiger charge is -2.31. The van der Waals surface area contributed by atoms with Crippen molar-refractivity contribution < 1.29 is 14.3 Å². The van der Waals surface area contributed by atoms with Crippen molar-refractivity contribution in [2.45, 2.75) is 57.6 Å². The number of nitrogens with zero attached hydrogens (tertiary/aromatic N) is 1. The van der Waals surface area contributed by atoms with E-state index < -0.39 is 18.0 Å². The SMILES string of the molecule is CC1=NC(=O)NC(c2ccc(Cl)cc2)C1C(=O)OC1CCCCCC1. The number of esters is 1. The lowest BCUT2D eigenvalue weighted by molar-refractivity contribution is -0.153. The summed E-state index contributed by atoms with van der Waals surface area (Å²) in [5, 5.41) is 3.40. The number of rotatable bonds is 3. The molecule has 25 heavy (non-hydrogen) atoms. The van der Waals surface area contributed by atoms with Crippen LogP contribution in [0.2, 0.25) is 5.02 Å². The molecule has 1 aromatic carbocycles. The van der Waals surface area contributed by atoms with E-state index >= 15 is 0 Å². The first-order valence-corrected chi connectivity index (χ1v) is 9.24. The van der Waals surface area contributed by atoms with Crippen LogP contribution in [-0.2, 0) is 9.53 Å². The zero-order valence-electron chi connectivity index (χ0n) is 14.3. The molecule has 0 aromatic heterocycles. The van der Waals surface area contributed by atoms with Crippen LogP contribution < -0.4 is 5.32 Å². The summed E-state index contributed by atoms with van der Waals surface area (Å²) in [7, 11) is 0. The third-order valence-electron chi connectivity index (χ3n) is 4.91. The molecule has 0 bridgehead atoms. The Morgan fingerprint density at radius 1 is 1.16 bits per heavy atom. The maximum Gasteiger partial charge on any atom is 0.341 e. The third-order valence-corrected chi connectivity index (χ3v) is 5.16. The number of carbonyl (C=O) groups is 2. The van der Waals surface area contributed by atoms with Gasteiger partial charge in [-0.2, -0.15) is 0 Å². The zero-order valence-corrected chi connectivity index (χ0v) is 15.1. The van der Waals surface area contributed by atoms with Crippen molar-refractivity contribution in [3.05, 3.63) is 34.9 Å². The second-order valence-electron chi connectivity index (χ2n) is 6.76. The van der Waals surface area contributed by atoms with E-state index in [1.54, 1.807) is 19.1 Å². The van der Waals surface area contributed by atoms with Gasteiger partial charge in [0.05, 0.1) is 6.04 Å². The molecule has 1 heterocycles. The van der Waals surface area contributed by atoms with Crippen LogP contribution in [0, 0.1) is 5.92 Å². The number of hydrogen-bond acceptors (Lipinski definition) is 3. The van der Waals surface area contributed by atoms with Crippen LogP contribution in [0.1, 0.15) is 57.1 Å². The van der Waals surface area contributed by atoms with Crippen molar-refractivity contribution in [1.82, 2.24) is 5.32 Å². The van der Waals surface area contributed by atoms with Crippen molar-refractivity contribution >= 4 is 29.3 Å². The lowest BCUT2D eigenvalue weighted by Crippen LogP contribution is -2.45. The van der Waals surface area contributed by atoms with Gasteiger partial charge in [0.1, 0.15) is 12.0 Å². The highest BCUT2D eigenvalue weighted by molar-refractivity contribution is 6.30. The standard InChI is InChI=1S/C19H23ClN2O3/c1-12-16(18(23)25-15-6-4-2-3-5-7-15)17(22-19(24)21-12)13-8-10-14(20)11-9-13/h8-11,15-17H,2-7H2,1H3,(H,22,24). The van der Waals surface area contributed by atoms with E-state index in [1.165, 1.54) is 12.8 Å². The smallest absolute Gasteiger partial charge is 0.341 e. The number of hydrogen-bond donors (Lipinski definition) is 1. The van der Waals surface area contributed by atoms with Gasteiger partial charge in [0.15, 0.2) is 0 Å². The summed E-state index contributed by atoms with van der Waals surface area (Å²) in [6.45, 7) is 1.71. The van der Waals surface area contributed by atoms with Gasteiger partial charge >= 0.3 is 12.0 Å². The molecule has 0 radical (unpaired) electrons. The van der Waals surface area contributed by atoms with Crippen molar-refractivity contribution in [1.29, 1.82) is 0 Å². The van der Waals surface area contributed by atoms with Crippen LogP contribution in [0.4, 0.5) is 4.79 Å². The van der Waals surface area contributed by atoms with Gasteiger partial charge in [-0.1, -0.05) is 36.6 Å². The Labute approximate surface area is 152 Å².